The Morgan fingerprint density at radius 2 is 1.65 bits per heavy atom. The van der Waals surface area contributed by atoms with Crippen molar-refractivity contribution < 1.29 is 27.3 Å². The van der Waals surface area contributed by atoms with Crippen molar-refractivity contribution in [2.75, 3.05) is 11.9 Å². The van der Waals surface area contributed by atoms with E-state index in [1.807, 2.05) is 0 Å². The van der Waals surface area contributed by atoms with Crippen LogP contribution >= 0.6 is 0 Å². The Morgan fingerprint density at radius 3 is 2.24 bits per heavy atom. The maximum absolute atomic E-state index is 13.0. The molecule has 0 radical (unpaired) electrons. The molecule has 4 N–H and O–H groups in total. The van der Waals surface area contributed by atoms with E-state index >= 15 is 0 Å². The first kappa shape index (κ1) is 24.6. The van der Waals surface area contributed by atoms with Crippen LogP contribution in [0, 0.1) is 15.9 Å². The van der Waals surface area contributed by atoms with Crippen LogP contribution in [0.15, 0.2) is 71.6 Å². The highest BCUT2D eigenvalue weighted by atomic mass is 32.2. The molecule has 178 valence electrons. The van der Waals surface area contributed by atoms with Gasteiger partial charge in [0.2, 0.25) is 15.9 Å². The predicted octanol–water partition coefficient (Wildman–Crippen LogP) is 3.29. The zero-order chi connectivity index (χ0) is 24.7. The van der Waals surface area contributed by atoms with Gasteiger partial charge in [0.1, 0.15) is 23.0 Å². The van der Waals surface area contributed by atoms with Crippen molar-refractivity contribution in [3.63, 3.8) is 0 Å². The summed E-state index contributed by atoms with van der Waals surface area (Å²) in [7, 11) is -4.08. The van der Waals surface area contributed by atoms with Gasteiger partial charge in [0.25, 0.3) is 5.69 Å². The predicted molar refractivity (Wildman–Crippen MR) is 122 cm³/mol. The second-order valence-electron chi connectivity index (χ2n) is 7.13. The van der Waals surface area contributed by atoms with Gasteiger partial charge in [0, 0.05) is 25.6 Å². The van der Waals surface area contributed by atoms with Crippen molar-refractivity contribution in [1.82, 2.24) is 5.32 Å². The molecule has 0 fully saturated rings. The zero-order valence-electron chi connectivity index (χ0n) is 17.7. The SMILES string of the molecule is NS(=O)(=O)c1ccc(NCCC(=O)NCc2ccc(Oc3ccc(F)cc3)cc2)c([N+](=O)[O-])c1. The molecule has 0 saturated heterocycles. The highest BCUT2D eigenvalue weighted by molar-refractivity contribution is 7.89. The topological polar surface area (TPSA) is 154 Å². The van der Waals surface area contributed by atoms with E-state index in [1.54, 1.807) is 24.3 Å². The summed E-state index contributed by atoms with van der Waals surface area (Å²) in [4.78, 5) is 22.2. The van der Waals surface area contributed by atoms with E-state index in [4.69, 9.17) is 9.88 Å². The molecule has 0 bridgehead atoms. The van der Waals surface area contributed by atoms with E-state index in [-0.39, 0.29) is 41.8 Å². The zero-order valence-corrected chi connectivity index (χ0v) is 18.5. The molecule has 0 saturated carbocycles. The molecule has 3 aromatic carbocycles. The number of carbonyl (C=O) groups is 1. The Morgan fingerprint density at radius 1 is 1.03 bits per heavy atom. The third kappa shape index (κ3) is 6.98. The largest absolute Gasteiger partial charge is 0.457 e. The quantitative estimate of drug-likeness (QED) is 0.292. The Labute approximate surface area is 194 Å². The van der Waals surface area contributed by atoms with E-state index in [1.165, 1.54) is 30.3 Å². The van der Waals surface area contributed by atoms with Crippen molar-refractivity contribution in [3.8, 4) is 11.5 Å². The van der Waals surface area contributed by atoms with E-state index in [0.29, 0.717) is 11.5 Å². The lowest BCUT2D eigenvalue weighted by Gasteiger charge is -2.10. The number of hydrogen-bond donors (Lipinski definition) is 3. The van der Waals surface area contributed by atoms with Crippen molar-refractivity contribution >= 4 is 27.3 Å². The summed E-state index contributed by atoms with van der Waals surface area (Å²) in [5.74, 6) is 0.408. The van der Waals surface area contributed by atoms with Crippen LogP contribution in [-0.2, 0) is 21.4 Å². The number of rotatable bonds is 10. The van der Waals surface area contributed by atoms with Gasteiger partial charge in [-0.2, -0.15) is 0 Å². The minimum atomic E-state index is -4.08. The van der Waals surface area contributed by atoms with Crippen LogP contribution in [0.25, 0.3) is 0 Å². The molecule has 0 spiro atoms. The number of halogens is 1. The third-order valence-electron chi connectivity index (χ3n) is 4.62. The minimum Gasteiger partial charge on any atom is -0.457 e. The summed E-state index contributed by atoms with van der Waals surface area (Å²) in [5, 5.41) is 21.7. The smallest absolute Gasteiger partial charge is 0.293 e. The molecule has 0 unspecified atom stereocenters. The first-order chi connectivity index (χ1) is 16.1. The summed E-state index contributed by atoms with van der Waals surface area (Å²) in [6.45, 7) is 0.352. The Balaban J connectivity index is 1.47. The number of nitrogens with one attached hydrogen (secondary N) is 2. The van der Waals surface area contributed by atoms with Crippen molar-refractivity contribution in [2.24, 2.45) is 5.14 Å². The molecule has 0 atom stereocenters. The van der Waals surface area contributed by atoms with Gasteiger partial charge in [-0.05, 0) is 54.1 Å². The second-order valence-corrected chi connectivity index (χ2v) is 8.70. The average molecular weight is 488 g/mol. The molecule has 12 heteroatoms. The lowest BCUT2D eigenvalue weighted by molar-refractivity contribution is -0.384. The fourth-order valence-electron chi connectivity index (χ4n) is 2.90. The number of hydrogen-bond acceptors (Lipinski definition) is 7. The second kappa shape index (κ2) is 10.7. The lowest BCUT2D eigenvalue weighted by atomic mass is 10.2. The molecular formula is C22H21FN4O6S. The number of nitro groups is 1. The van der Waals surface area contributed by atoms with Crippen molar-refractivity contribution in [3.05, 3.63) is 88.2 Å². The first-order valence-corrected chi connectivity index (χ1v) is 11.5. The average Bonchev–Trinajstić information content (AvgIpc) is 2.79. The molecule has 0 aliphatic carbocycles. The first-order valence-electron chi connectivity index (χ1n) is 9.96. The normalized spacial score (nSPS) is 11.0. The van der Waals surface area contributed by atoms with Crippen LogP contribution in [0.3, 0.4) is 0 Å². The molecule has 0 aliphatic heterocycles. The van der Waals surface area contributed by atoms with Gasteiger partial charge in [0.15, 0.2) is 0 Å². The highest BCUT2D eigenvalue weighted by Gasteiger charge is 2.19. The van der Waals surface area contributed by atoms with E-state index in [2.05, 4.69) is 10.6 Å². The van der Waals surface area contributed by atoms with Gasteiger partial charge in [-0.15, -0.1) is 0 Å². The summed E-state index contributed by atoms with van der Waals surface area (Å²) in [5.41, 5.74) is 0.429. The van der Waals surface area contributed by atoms with Gasteiger partial charge in [-0.25, -0.2) is 17.9 Å². The van der Waals surface area contributed by atoms with E-state index < -0.39 is 20.6 Å². The third-order valence-corrected chi connectivity index (χ3v) is 5.54. The molecule has 0 aromatic heterocycles. The molecule has 0 aliphatic rings. The summed E-state index contributed by atoms with van der Waals surface area (Å²) < 4.78 is 41.3. The fourth-order valence-corrected chi connectivity index (χ4v) is 3.44. The van der Waals surface area contributed by atoms with Crippen LogP contribution in [0.2, 0.25) is 0 Å². The van der Waals surface area contributed by atoms with E-state index in [9.17, 15) is 27.7 Å². The van der Waals surface area contributed by atoms with Gasteiger partial charge in [-0.1, -0.05) is 12.1 Å². The van der Waals surface area contributed by atoms with Crippen LogP contribution < -0.4 is 20.5 Å². The Kier molecular flexibility index (Phi) is 7.76. The Hall–Kier alpha value is -4.03. The number of amides is 1. The highest BCUT2D eigenvalue weighted by Crippen LogP contribution is 2.27. The maximum Gasteiger partial charge on any atom is 0.293 e. The number of primary sulfonamides is 1. The van der Waals surface area contributed by atoms with Crippen LogP contribution in [0.1, 0.15) is 12.0 Å². The van der Waals surface area contributed by atoms with Gasteiger partial charge < -0.3 is 15.4 Å². The summed E-state index contributed by atoms with van der Waals surface area (Å²) in [6.07, 6.45) is 0.0276. The molecule has 10 nitrogen and oxygen atoms in total. The number of carbonyl (C=O) groups excluding carboxylic acids is 1. The maximum atomic E-state index is 13.0. The number of nitrogens with two attached hydrogens (primary N) is 1. The van der Waals surface area contributed by atoms with Crippen LogP contribution in [-0.4, -0.2) is 25.8 Å². The molecule has 34 heavy (non-hydrogen) atoms. The van der Waals surface area contributed by atoms with Gasteiger partial charge >= 0.3 is 0 Å². The van der Waals surface area contributed by atoms with Crippen molar-refractivity contribution in [1.29, 1.82) is 0 Å². The minimum absolute atomic E-state index is 0.0276. The molecule has 1 amide bonds. The molecule has 3 aromatic rings. The standard InChI is InChI=1S/C22H21FN4O6S/c23-16-3-7-18(8-4-16)33-17-5-1-15(2-6-17)14-26-22(28)11-12-25-20-10-9-19(34(24,31)32)13-21(20)27(29)30/h1-10,13,25H,11-12,14H2,(H,26,28)(H2,24,31,32). The molecule has 0 heterocycles. The molecular weight excluding hydrogens is 467 g/mol. The number of anilines is 1. The van der Waals surface area contributed by atoms with Gasteiger partial charge in [-0.3, -0.25) is 14.9 Å². The Bertz CT molecular complexity index is 1280. The van der Waals surface area contributed by atoms with Gasteiger partial charge in [0.05, 0.1) is 9.82 Å². The number of nitrogens with zero attached hydrogens (tertiary/aromatic N) is 1. The summed E-state index contributed by atoms with van der Waals surface area (Å²) in [6, 6.07) is 15.8. The van der Waals surface area contributed by atoms with Crippen LogP contribution in [0.5, 0.6) is 11.5 Å². The summed E-state index contributed by atoms with van der Waals surface area (Å²) >= 11 is 0. The molecule has 3 rings (SSSR count). The van der Waals surface area contributed by atoms with Crippen LogP contribution in [0.4, 0.5) is 15.8 Å². The number of benzene rings is 3. The van der Waals surface area contributed by atoms with Crippen molar-refractivity contribution in [2.45, 2.75) is 17.9 Å². The van der Waals surface area contributed by atoms with E-state index in [0.717, 1.165) is 17.7 Å². The fraction of sp³-hybridized carbons (Fsp3) is 0.136. The lowest BCUT2D eigenvalue weighted by Crippen LogP contribution is -2.25. The number of nitro benzene ring substituents is 1. The number of ether oxygens (including phenoxy) is 1. The number of sulfonamides is 1. The monoisotopic (exact) mass is 488 g/mol.